The standard InChI is InChI=1S/C16H17NO2/c1-11(2)19-16(18)14-10-6-9-13(15(14)17)12-7-4-3-5-8-12/h3-11H,17H2,1-2H3. The number of benzene rings is 2. The Morgan fingerprint density at radius 1 is 1.05 bits per heavy atom. The van der Waals surface area contributed by atoms with Crippen molar-refractivity contribution in [3.8, 4) is 11.1 Å². The number of nitrogens with two attached hydrogens (primary N) is 1. The number of carbonyl (C=O) groups is 1. The maximum atomic E-state index is 12.0. The Kier molecular flexibility index (Phi) is 3.85. The van der Waals surface area contributed by atoms with E-state index in [2.05, 4.69) is 0 Å². The third-order valence-corrected chi connectivity index (χ3v) is 2.75. The van der Waals surface area contributed by atoms with Crippen molar-refractivity contribution in [1.29, 1.82) is 0 Å². The van der Waals surface area contributed by atoms with Gasteiger partial charge in [-0.1, -0.05) is 42.5 Å². The van der Waals surface area contributed by atoms with Crippen LogP contribution < -0.4 is 5.73 Å². The predicted molar refractivity (Wildman–Crippen MR) is 76.8 cm³/mol. The minimum atomic E-state index is -0.384. The Hall–Kier alpha value is -2.29. The third-order valence-electron chi connectivity index (χ3n) is 2.75. The van der Waals surface area contributed by atoms with Crippen LogP contribution in [0.5, 0.6) is 0 Å². The van der Waals surface area contributed by atoms with Crippen LogP contribution in [0.4, 0.5) is 5.69 Å². The van der Waals surface area contributed by atoms with Gasteiger partial charge in [-0.25, -0.2) is 4.79 Å². The van der Waals surface area contributed by atoms with Gasteiger partial charge in [-0.05, 0) is 25.5 Å². The number of nitrogen functional groups attached to an aromatic ring is 1. The molecule has 0 aliphatic carbocycles. The minimum absolute atomic E-state index is 0.160. The van der Waals surface area contributed by atoms with Crippen molar-refractivity contribution >= 4 is 11.7 Å². The molecule has 0 atom stereocenters. The first kappa shape index (κ1) is 13.1. The van der Waals surface area contributed by atoms with Crippen LogP contribution in [0.3, 0.4) is 0 Å². The Labute approximate surface area is 113 Å². The number of carbonyl (C=O) groups excluding carboxylic acids is 1. The molecule has 2 aromatic carbocycles. The summed E-state index contributed by atoms with van der Waals surface area (Å²) in [6.45, 7) is 3.63. The van der Waals surface area contributed by atoms with Crippen molar-refractivity contribution in [2.75, 3.05) is 5.73 Å². The first-order valence-corrected chi connectivity index (χ1v) is 6.24. The lowest BCUT2D eigenvalue weighted by molar-refractivity contribution is 0.0379. The largest absolute Gasteiger partial charge is 0.459 e. The molecule has 2 N–H and O–H groups in total. The fraction of sp³-hybridized carbons (Fsp3) is 0.188. The highest BCUT2D eigenvalue weighted by molar-refractivity contribution is 5.99. The molecule has 0 radical (unpaired) electrons. The molecule has 98 valence electrons. The SMILES string of the molecule is CC(C)OC(=O)c1cccc(-c2ccccc2)c1N. The van der Waals surface area contributed by atoms with E-state index in [-0.39, 0.29) is 12.1 Å². The van der Waals surface area contributed by atoms with Crippen molar-refractivity contribution < 1.29 is 9.53 Å². The molecule has 0 saturated carbocycles. The molecule has 0 heterocycles. The van der Waals surface area contributed by atoms with Crippen LogP contribution in [0.2, 0.25) is 0 Å². The van der Waals surface area contributed by atoms with Gasteiger partial charge in [0.1, 0.15) is 0 Å². The van der Waals surface area contributed by atoms with E-state index >= 15 is 0 Å². The zero-order valence-electron chi connectivity index (χ0n) is 11.1. The van der Waals surface area contributed by atoms with Gasteiger partial charge in [0.15, 0.2) is 0 Å². The average molecular weight is 255 g/mol. The fourth-order valence-electron chi connectivity index (χ4n) is 1.89. The van der Waals surface area contributed by atoms with E-state index < -0.39 is 0 Å². The molecular weight excluding hydrogens is 238 g/mol. The van der Waals surface area contributed by atoms with E-state index in [0.29, 0.717) is 11.3 Å². The summed E-state index contributed by atoms with van der Waals surface area (Å²) in [4.78, 5) is 12.0. The second kappa shape index (κ2) is 5.57. The number of ether oxygens (including phenoxy) is 1. The topological polar surface area (TPSA) is 52.3 Å². The molecule has 0 amide bonds. The molecular formula is C16H17NO2. The summed E-state index contributed by atoms with van der Waals surface area (Å²) in [5.74, 6) is -0.384. The molecule has 3 heteroatoms. The zero-order chi connectivity index (χ0) is 13.8. The summed E-state index contributed by atoms with van der Waals surface area (Å²) in [6, 6.07) is 15.1. The second-order valence-electron chi connectivity index (χ2n) is 4.59. The smallest absolute Gasteiger partial charge is 0.340 e. The van der Waals surface area contributed by atoms with Crippen LogP contribution in [0.25, 0.3) is 11.1 Å². The van der Waals surface area contributed by atoms with E-state index in [1.165, 1.54) is 0 Å². The van der Waals surface area contributed by atoms with Gasteiger partial charge in [0.2, 0.25) is 0 Å². The molecule has 0 fully saturated rings. The highest BCUT2D eigenvalue weighted by atomic mass is 16.5. The second-order valence-corrected chi connectivity index (χ2v) is 4.59. The van der Waals surface area contributed by atoms with E-state index in [9.17, 15) is 4.79 Å². The molecule has 0 saturated heterocycles. The molecule has 2 rings (SSSR count). The number of hydrogen-bond acceptors (Lipinski definition) is 3. The first-order chi connectivity index (χ1) is 9.09. The number of anilines is 1. The van der Waals surface area contributed by atoms with Gasteiger partial charge >= 0.3 is 5.97 Å². The number of para-hydroxylation sites is 1. The van der Waals surface area contributed by atoms with Crippen molar-refractivity contribution in [2.45, 2.75) is 20.0 Å². The summed E-state index contributed by atoms with van der Waals surface area (Å²) in [5.41, 5.74) is 8.79. The van der Waals surface area contributed by atoms with Crippen LogP contribution in [0, 0.1) is 0 Å². The Balaban J connectivity index is 2.42. The van der Waals surface area contributed by atoms with Gasteiger partial charge in [-0.3, -0.25) is 0 Å². The zero-order valence-corrected chi connectivity index (χ0v) is 11.1. The molecule has 3 nitrogen and oxygen atoms in total. The van der Waals surface area contributed by atoms with Gasteiger partial charge in [-0.15, -0.1) is 0 Å². The summed E-state index contributed by atoms with van der Waals surface area (Å²) in [5, 5.41) is 0. The number of rotatable bonds is 3. The van der Waals surface area contributed by atoms with E-state index in [1.807, 2.05) is 56.3 Å². The molecule has 0 bridgehead atoms. The maximum absolute atomic E-state index is 12.0. The summed E-state index contributed by atoms with van der Waals surface area (Å²) < 4.78 is 5.19. The molecule has 19 heavy (non-hydrogen) atoms. The van der Waals surface area contributed by atoms with E-state index in [0.717, 1.165) is 11.1 Å². The van der Waals surface area contributed by atoms with Crippen LogP contribution in [-0.4, -0.2) is 12.1 Å². The van der Waals surface area contributed by atoms with Crippen LogP contribution >= 0.6 is 0 Å². The van der Waals surface area contributed by atoms with E-state index in [4.69, 9.17) is 10.5 Å². The molecule has 0 spiro atoms. The molecule has 2 aromatic rings. The number of esters is 1. The number of hydrogen-bond donors (Lipinski definition) is 1. The summed E-state index contributed by atoms with van der Waals surface area (Å²) in [7, 11) is 0. The predicted octanol–water partition coefficient (Wildman–Crippen LogP) is 3.50. The Morgan fingerprint density at radius 2 is 1.74 bits per heavy atom. The Bertz CT molecular complexity index is 577. The molecule has 0 aromatic heterocycles. The van der Waals surface area contributed by atoms with Crippen molar-refractivity contribution in [2.24, 2.45) is 0 Å². The quantitative estimate of drug-likeness (QED) is 0.674. The van der Waals surface area contributed by atoms with Gasteiger partial charge in [0.25, 0.3) is 0 Å². The third kappa shape index (κ3) is 2.94. The van der Waals surface area contributed by atoms with Crippen LogP contribution in [-0.2, 0) is 4.74 Å². The van der Waals surface area contributed by atoms with Gasteiger partial charge < -0.3 is 10.5 Å². The molecule has 0 aliphatic heterocycles. The van der Waals surface area contributed by atoms with Gasteiger partial charge in [0, 0.05) is 5.56 Å². The van der Waals surface area contributed by atoms with Crippen LogP contribution in [0.1, 0.15) is 24.2 Å². The average Bonchev–Trinajstić information content (AvgIpc) is 2.39. The minimum Gasteiger partial charge on any atom is -0.459 e. The summed E-state index contributed by atoms with van der Waals surface area (Å²) in [6.07, 6.45) is -0.160. The van der Waals surface area contributed by atoms with Crippen molar-refractivity contribution in [3.05, 3.63) is 54.1 Å². The monoisotopic (exact) mass is 255 g/mol. The van der Waals surface area contributed by atoms with E-state index in [1.54, 1.807) is 6.07 Å². The van der Waals surface area contributed by atoms with Gasteiger partial charge in [0.05, 0.1) is 17.4 Å². The fourth-order valence-corrected chi connectivity index (χ4v) is 1.89. The Morgan fingerprint density at radius 3 is 2.37 bits per heavy atom. The maximum Gasteiger partial charge on any atom is 0.340 e. The lowest BCUT2D eigenvalue weighted by Crippen LogP contribution is -2.13. The lowest BCUT2D eigenvalue weighted by atomic mass is 10.0. The van der Waals surface area contributed by atoms with Crippen molar-refractivity contribution in [3.63, 3.8) is 0 Å². The van der Waals surface area contributed by atoms with Crippen molar-refractivity contribution in [1.82, 2.24) is 0 Å². The van der Waals surface area contributed by atoms with Gasteiger partial charge in [-0.2, -0.15) is 0 Å². The highest BCUT2D eigenvalue weighted by Crippen LogP contribution is 2.28. The molecule has 0 unspecified atom stereocenters. The molecule has 0 aliphatic rings. The highest BCUT2D eigenvalue weighted by Gasteiger charge is 2.15. The van der Waals surface area contributed by atoms with Crippen LogP contribution in [0.15, 0.2) is 48.5 Å². The first-order valence-electron chi connectivity index (χ1n) is 6.24. The lowest BCUT2D eigenvalue weighted by Gasteiger charge is -2.12. The normalized spacial score (nSPS) is 10.5. The summed E-state index contributed by atoms with van der Waals surface area (Å²) >= 11 is 0.